The van der Waals surface area contributed by atoms with Gasteiger partial charge in [-0.3, -0.25) is 9.79 Å². The number of ketones is 1. The number of carbonyl (C=O) groups is 1. The zero-order valence-corrected chi connectivity index (χ0v) is 14.1. The van der Waals surface area contributed by atoms with Crippen LogP contribution in [0.3, 0.4) is 0 Å². The molecule has 4 rings (SSSR count). The quantitative estimate of drug-likeness (QED) is 0.771. The van der Waals surface area contributed by atoms with Crippen molar-refractivity contribution < 1.29 is 4.79 Å². The van der Waals surface area contributed by atoms with Gasteiger partial charge < -0.3 is 5.32 Å². The third-order valence-corrected chi connectivity index (χ3v) is 4.89. The molecule has 1 N–H and O–H groups in total. The third-order valence-electron chi connectivity index (χ3n) is 4.64. The summed E-state index contributed by atoms with van der Waals surface area (Å²) in [5.41, 5.74) is 5.47. The van der Waals surface area contributed by atoms with Gasteiger partial charge >= 0.3 is 0 Å². The van der Waals surface area contributed by atoms with Crippen molar-refractivity contribution in [2.45, 2.75) is 25.7 Å². The van der Waals surface area contributed by atoms with Gasteiger partial charge in [-0.05, 0) is 49.1 Å². The SMILES string of the molecule is CC1=C2C(=O)C[C@H](c3ccc(Cl)cc3)CC2=Nc2ccccc2N1. The summed E-state index contributed by atoms with van der Waals surface area (Å²) >= 11 is 5.98. The van der Waals surface area contributed by atoms with Crippen molar-refractivity contribution in [1.82, 2.24) is 0 Å². The van der Waals surface area contributed by atoms with Gasteiger partial charge in [0.15, 0.2) is 5.78 Å². The summed E-state index contributed by atoms with van der Waals surface area (Å²) in [7, 11) is 0. The fourth-order valence-corrected chi connectivity index (χ4v) is 3.60. The van der Waals surface area contributed by atoms with Gasteiger partial charge in [0.2, 0.25) is 0 Å². The Labute approximate surface area is 146 Å². The van der Waals surface area contributed by atoms with Crippen LogP contribution in [0.1, 0.15) is 31.2 Å². The molecule has 4 heteroatoms. The Bertz CT molecular complexity index is 881. The van der Waals surface area contributed by atoms with E-state index in [1.165, 1.54) is 0 Å². The van der Waals surface area contributed by atoms with Crippen LogP contribution in [0.15, 0.2) is 64.8 Å². The number of halogens is 1. The van der Waals surface area contributed by atoms with E-state index >= 15 is 0 Å². The number of aliphatic imine (C=N–C) groups is 1. The van der Waals surface area contributed by atoms with E-state index in [-0.39, 0.29) is 11.7 Å². The van der Waals surface area contributed by atoms with Gasteiger partial charge in [-0.1, -0.05) is 35.9 Å². The summed E-state index contributed by atoms with van der Waals surface area (Å²) in [6.45, 7) is 1.95. The number of fused-ring (bicyclic) bond motifs is 2. The Morgan fingerprint density at radius 2 is 1.83 bits per heavy atom. The van der Waals surface area contributed by atoms with Crippen LogP contribution < -0.4 is 5.32 Å². The summed E-state index contributed by atoms with van der Waals surface area (Å²) in [5.74, 6) is 0.299. The van der Waals surface area contributed by atoms with Crippen molar-refractivity contribution in [2.75, 3.05) is 5.32 Å². The van der Waals surface area contributed by atoms with E-state index in [1.54, 1.807) is 0 Å². The fourth-order valence-electron chi connectivity index (χ4n) is 3.48. The van der Waals surface area contributed by atoms with E-state index in [0.717, 1.165) is 40.3 Å². The molecule has 24 heavy (non-hydrogen) atoms. The maximum atomic E-state index is 12.8. The van der Waals surface area contributed by atoms with E-state index in [1.807, 2.05) is 55.5 Å². The van der Waals surface area contributed by atoms with Crippen LogP contribution in [0, 0.1) is 0 Å². The lowest BCUT2D eigenvalue weighted by atomic mass is 9.79. The zero-order valence-electron chi connectivity index (χ0n) is 13.3. The topological polar surface area (TPSA) is 41.5 Å². The van der Waals surface area contributed by atoms with E-state index in [2.05, 4.69) is 5.32 Å². The van der Waals surface area contributed by atoms with Crippen LogP contribution in [0.2, 0.25) is 5.02 Å². The van der Waals surface area contributed by atoms with Crippen LogP contribution in [-0.2, 0) is 4.79 Å². The first kappa shape index (κ1) is 15.2. The standard InChI is InChI=1S/C20H17ClN2O/c1-12-20-18(23-17-5-3-2-4-16(17)22-12)10-14(11-19(20)24)13-6-8-15(21)9-7-13/h2-9,14,22H,10-11H2,1H3/t14-/m1/s1. The molecule has 1 heterocycles. The first-order chi connectivity index (χ1) is 11.6. The number of para-hydroxylation sites is 2. The van der Waals surface area contributed by atoms with Crippen molar-refractivity contribution in [3.8, 4) is 0 Å². The lowest BCUT2D eigenvalue weighted by Crippen LogP contribution is -2.26. The van der Waals surface area contributed by atoms with Gasteiger partial charge in [-0.2, -0.15) is 0 Å². The molecule has 2 aromatic rings. The van der Waals surface area contributed by atoms with E-state index in [4.69, 9.17) is 16.6 Å². The Morgan fingerprint density at radius 3 is 2.62 bits per heavy atom. The zero-order chi connectivity index (χ0) is 16.7. The molecule has 2 aromatic carbocycles. The molecule has 120 valence electrons. The monoisotopic (exact) mass is 336 g/mol. The van der Waals surface area contributed by atoms with E-state index < -0.39 is 0 Å². The van der Waals surface area contributed by atoms with Gasteiger partial charge in [-0.25, -0.2) is 0 Å². The van der Waals surface area contributed by atoms with Crippen molar-refractivity contribution >= 4 is 34.5 Å². The lowest BCUT2D eigenvalue weighted by Gasteiger charge is -2.25. The molecule has 0 bridgehead atoms. The van der Waals surface area contributed by atoms with Crippen molar-refractivity contribution in [2.24, 2.45) is 4.99 Å². The predicted molar refractivity (Wildman–Crippen MR) is 98.3 cm³/mol. The second-order valence-corrected chi connectivity index (χ2v) is 6.72. The molecule has 0 spiro atoms. The Balaban J connectivity index is 1.77. The van der Waals surface area contributed by atoms with Gasteiger partial charge in [0.05, 0.1) is 22.7 Å². The number of benzene rings is 2. The average molecular weight is 337 g/mol. The first-order valence-electron chi connectivity index (χ1n) is 8.05. The Hall–Kier alpha value is -2.39. The van der Waals surface area contributed by atoms with Crippen molar-refractivity contribution in [1.29, 1.82) is 0 Å². The molecule has 1 atom stereocenters. The smallest absolute Gasteiger partial charge is 0.167 e. The molecule has 0 aromatic heterocycles. The number of carbonyl (C=O) groups excluding carboxylic acids is 1. The molecule has 1 fully saturated rings. The van der Waals surface area contributed by atoms with Gasteiger partial charge in [0.1, 0.15) is 0 Å². The summed E-state index contributed by atoms with van der Waals surface area (Å²) in [6, 6.07) is 15.7. The molecular weight excluding hydrogens is 320 g/mol. The highest BCUT2D eigenvalue weighted by molar-refractivity contribution is 6.30. The molecule has 1 saturated carbocycles. The number of allylic oxidation sites excluding steroid dienone is 2. The minimum absolute atomic E-state index is 0.148. The van der Waals surface area contributed by atoms with Crippen LogP contribution in [0.4, 0.5) is 11.4 Å². The second-order valence-electron chi connectivity index (χ2n) is 6.28. The molecule has 2 aliphatic rings. The maximum absolute atomic E-state index is 12.8. The van der Waals surface area contributed by atoms with Crippen molar-refractivity contribution in [3.63, 3.8) is 0 Å². The number of anilines is 1. The molecule has 1 aliphatic heterocycles. The van der Waals surface area contributed by atoms with Gasteiger partial charge in [-0.15, -0.1) is 0 Å². The normalized spacial score (nSPS) is 19.8. The number of hydrogen-bond donors (Lipinski definition) is 1. The Morgan fingerprint density at radius 1 is 1.08 bits per heavy atom. The Kier molecular flexibility index (Phi) is 3.73. The van der Waals surface area contributed by atoms with Gasteiger partial charge in [0, 0.05) is 17.1 Å². The fraction of sp³-hybridized carbons (Fsp3) is 0.200. The molecule has 1 aliphatic carbocycles. The molecule has 0 radical (unpaired) electrons. The minimum Gasteiger partial charge on any atom is -0.357 e. The minimum atomic E-state index is 0.148. The van der Waals surface area contributed by atoms with E-state index in [9.17, 15) is 4.79 Å². The molecule has 0 amide bonds. The molecule has 0 unspecified atom stereocenters. The summed E-state index contributed by atoms with van der Waals surface area (Å²) < 4.78 is 0. The summed E-state index contributed by atoms with van der Waals surface area (Å²) in [4.78, 5) is 17.6. The number of nitrogens with zero attached hydrogens (tertiary/aromatic N) is 1. The molecular formula is C20H17ClN2O. The van der Waals surface area contributed by atoms with Crippen LogP contribution in [0.5, 0.6) is 0 Å². The highest BCUT2D eigenvalue weighted by Crippen LogP contribution is 2.38. The van der Waals surface area contributed by atoms with Crippen LogP contribution in [0.25, 0.3) is 0 Å². The van der Waals surface area contributed by atoms with Crippen molar-refractivity contribution in [3.05, 3.63) is 70.4 Å². The van der Waals surface area contributed by atoms with Gasteiger partial charge in [0.25, 0.3) is 0 Å². The first-order valence-corrected chi connectivity index (χ1v) is 8.43. The van der Waals surface area contributed by atoms with Crippen LogP contribution in [-0.4, -0.2) is 11.5 Å². The summed E-state index contributed by atoms with van der Waals surface area (Å²) in [5, 5.41) is 4.05. The number of hydrogen-bond acceptors (Lipinski definition) is 3. The number of Topliss-reactive ketones (excluding diaryl/α,β-unsaturated/α-hetero) is 1. The summed E-state index contributed by atoms with van der Waals surface area (Å²) in [6.07, 6.45) is 1.27. The third kappa shape index (κ3) is 2.65. The largest absolute Gasteiger partial charge is 0.357 e. The lowest BCUT2D eigenvalue weighted by molar-refractivity contribution is -0.115. The average Bonchev–Trinajstić information content (AvgIpc) is 2.71. The number of rotatable bonds is 1. The van der Waals surface area contributed by atoms with E-state index in [0.29, 0.717) is 11.4 Å². The number of nitrogens with one attached hydrogen (secondary N) is 1. The van der Waals surface area contributed by atoms with Crippen LogP contribution >= 0.6 is 11.6 Å². The molecule has 3 nitrogen and oxygen atoms in total. The molecule has 0 saturated heterocycles. The highest BCUT2D eigenvalue weighted by atomic mass is 35.5. The second kappa shape index (κ2) is 5.91. The predicted octanol–water partition coefficient (Wildman–Crippen LogP) is 5.26. The highest BCUT2D eigenvalue weighted by Gasteiger charge is 2.32. The maximum Gasteiger partial charge on any atom is 0.167 e.